The van der Waals surface area contributed by atoms with Gasteiger partial charge in [-0.15, -0.1) is 11.8 Å². The van der Waals surface area contributed by atoms with Gasteiger partial charge in [-0.1, -0.05) is 0 Å². The number of nitrogens with one attached hydrogen (secondary N) is 1. The summed E-state index contributed by atoms with van der Waals surface area (Å²) < 4.78 is 0. The van der Waals surface area contributed by atoms with Gasteiger partial charge in [-0.05, 0) is 39.0 Å². The lowest BCUT2D eigenvalue weighted by Gasteiger charge is -2.21. The lowest BCUT2D eigenvalue weighted by molar-refractivity contribution is 0.500. The van der Waals surface area contributed by atoms with Crippen molar-refractivity contribution in [3.63, 3.8) is 0 Å². The number of thioether (sulfide) groups is 1. The second-order valence-electron chi connectivity index (χ2n) is 3.41. The van der Waals surface area contributed by atoms with Gasteiger partial charge in [-0.25, -0.2) is 0 Å². The maximum atomic E-state index is 3.41. The van der Waals surface area contributed by atoms with E-state index in [9.17, 15) is 0 Å². The first-order valence-electron chi connectivity index (χ1n) is 5.07. The molecule has 1 aliphatic heterocycles. The SMILES string of the molecule is CC#CCCC(NC)C1CCCS1. The molecule has 0 aromatic heterocycles. The molecule has 1 saturated heterocycles. The van der Waals surface area contributed by atoms with Crippen molar-refractivity contribution in [1.29, 1.82) is 0 Å². The first kappa shape index (κ1) is 10.9. The van der Waals surface area contributed by atoms with Crippen LogP contribution < -0.4 is 5.32 Å². The van der Waals surface area contributed by atoms with Crippen LogP contribution in [0.15, 0.2) is 0 Å². The van der Waals surface area contributed by atoms with Crippen molar-refractivity contribution in [2.24, 2.45) is 0 Å². The molecule has 74 valence electrons. The molecule has 2 heteroatoms. The Balaban J connectivity index is 2.27. The van der Waals surface area contributed by atoms with Crippen LogP contribution >= 0.6 is 11.8 Å². The van der Waals surface area contributed by atoms with Crippen molar-refractivity contribution in [3.8, 4) is 11.8 Å². The van der Waals surface area contributed by atoms with Crippen LogP contribution in [0.5, 0.6) is 0 Å². The minimum atomic E-state index is 0.674. The van der Waals surface area contributed by atoms with Gasteiger partial charge < -0.3 is 5.32 Å². The van der Waals surface area contributed by atoms with Crippen LogP contribution in [0.4, 0.5) is 0 Å². The van der Waals surface area contributed by atoms with Gasteiger partial charge in [0.15, 0.2) is 0 Å². The van der Waals surface area contributed by atoms with Crippen molar-refractivity contribution in [2.75, 3.05) is 12.8 Å². The van der Waals surface area contributed by atoms with Crippen LogP contribution in [0.25, 0.3) is 0 Å². The Morgan fingerprint density at radius 1 is 1.62 bits per heavy atom. The Hall–Kier alpha value is -0.130. The van der Waals surface area contributed by atoms with Crippen molar-refractivity contribution < 1.29 is 0 Å². The van der Waals surface area contributed by atoms with Crippen LogP contribution in [0.3, 0.4) is 0 Å². The van der Waals surface area contributed by atoms with Gasteiger partial charge in [0.1, 0.15) is 0 Å². The third kappa shape index (κ3) is 3.62. The Labute approximate surface area is 86.1 Å². The average Bonchev–Trinajstić information content (AvgIpc) is 2.65. The molecule has 13 heavy (non-hydrogen) atoms. The fourth-order valence-electron chi connectivity index (χ4n) is 1.79. The summed E-state index contributed by atoms with van der Waals surface area (Å²) in [5.74, 6) is 7.44. The molecule has 1 nitrogen and oxygen atoms in total. The minimum absolute atomic E-state index is 0.674. The van der Waals surface area contributed by atoms with E-state index in [2.05, 4.69) is 36.0 Å². The van der Waals surface area contributed by atoms with E-state index in [1.165, 1.54) is 25.0 Å². The molecule has 0 aromatic carbocycles. The molecule has 1 heterocycles. The lowest BCUT2D eigenvalue weighted by Crippen LogP contribution is -2.34. The van der Waals surface area contributed by atoms with Crippen LogP contribution in [-0.4, -0.2) is 24.1 Å². The largest absolute Gasteiger partial charge is 0.316 e. The van der Waals surface area contributed by atoms with Crippen LogP contribution in [-0.2, 0) is 0 Å². The lowest BCUT2D eigenvalue weighted by atomic mass is 10.0. The molecule has 1 aliphatic rings. The van der Waals surface area contributed by atoms with Crippen molar-refractivity contribution >= 4 is 11.8 Å². The molecule has 0 spiro atoms. The quantitative estimate of drug-likeness (QED) is 0.694. The summed E-state index contributed by atoms with van der Waals surface area (Å²) in [7, 11) is 2.07. The molecule has 1 N–H and O–H groups in total. The van der Waals surface area contributed by atoms with Gasteiger partial charge >= 0.3 is 0 Å². The third-order valence-corrected chi connectivity index (χ3v) is 4.06. The maximum absolute atomic E-state index is 3.41. The summed E-state index contributed by atoms with van der Waals surface area (Å²) in [6, 6.07) is 0.674. The molecule has 2 unspecified atom stereocenters. The molecule has 0 radical (unpaired) electrons. The van der Waals surface area contributed by atoms with Gasteiger partial charge in [0.05, 0.1) is 0 Å². The Kier molecular flexibility index (Phi) is 5.34. The standard InChI is InChI=1S/C11H19NS/c1-3-4-5-7-10(12-2)11-8-6-9-13-11/h10-12H,5-9H2,1-2H3. The minimum Gasteiger partial charge on any atom is -0.316 e. The van der Waals surface area contributed by atoms with Crippen LogP contribution in [0, 0.1) is 11.8 Å². The van der Waals surface area contributed by atoms with E-state index in [1.807, 2.05) is 6.92 Å². The van der Waals surface area contributed by atoms with Crippen LogP contribution in [0.1, 0.15) is 32.6 Å². The highest BCUT2D eigenvalue weighted by Gasteiger charge is 2.23. The zero-order valence-corrected chi connectivity index (χ0v) is 9.41. The number of rotatable bonds is 4. The molecule has 0 aliphatic carbocycles. The molecule has 1 fully saturated rings. The predicted octanol–water partition coefficient (Wildman–Crippen LogP) is 2.27. The predicted molar refractivity (Wildman–Crippen MR) is 61.0 cm³/mol. The van der Waals surface area contributed by atoms with E-state index in [0.717, 1.165) is 11.7 Å². The summed E-state index contributed by atoms with van der Waals surface area (Å²) in [6.45, 7) is 1.92. The Morgan fingerprint density at radius 3 is 3.00 bits per heavy atom. The normalized spacial score (nSPS) is 23.7. The Morgan fingerprint density at radius 2 is 2.46 bits per heavy atom. The van der Waals surface area contributed by atoms with Crippen molar-refractivity contribution in [3.05, 3.63) is 0 Å². The smallest absolute Gasteiger partial charge is 0.0201 e. The molecular formula is C11H19NS. The monoisotopic (exact) mass is 197 g/mol. The molecule has 0 saturated carbocycles. The van der Waals surface area contributed by atoms with E-state index in [4.69, 9.17) is 0 Å². The molecule has 0 aromatic rings. The Bertz CT molecular complexity index is 186. The first-order valence-corrected chi connectivity index (χ1v) is 6.12. The van der Waals surface area contributed by atoms with E-state index in [-0.39, 0.29) is 0 Å². The summed E-state index contributed by atoms with van der Waals surface area (Å²) in [5.41, 5.74) is 0. The molecular weight excluding hydrogens is 178 g/mol. The molecule has 0 bridgehead atoms. The zero-order valence-electron chi connectivity index (χ0n) is 8.60. The van der Waals surface area contributed by atoms with Gasteiger partial charge in [0.2, 0.25) is 0 Å². The van der Waals surface area contributed by atoms with Crippen molar-refractivity contribution in [1.82, 2.24) is 5.32 Å². The summed E-state index contributed by atoms with van der Waals surface area (Å²) in [5, 5.41) is 4.25. The van der Waals surface area contributed by atoms with Gasteiger partial charge in [-0.2, -0.15) is 11.8 Å². The van der Waals surface area contributed by atoms with Gasteiger partial charge in [0.25, 0.3) is 0 Å². The number of hydrogen-bond acceptors (Lipinski definition) is 2. The molecule has 1 rings (SSSR count). The summed E-state index contributed by atoms with van der Waals surface area (Å²) >= 11 is 2.12. The maximum Gasteiger partial charge on any atom is 0.0201 e. The second-order valence-corrected chi connectivity index (χ2v) is 4.76. The van der Waals surface area contributed by atoms with Gasteiger partial charge in [-0.3, -0.25) is 0 Å². The van der Waals surface area contributed by atoms with Crippen LogP contribution in [0.2, 0.25) is 0 Å². The molecule has 0 amide bonds. The average molecular weight is 197 g/mol. The first-order chi connectivity index (χ1) is 6.38. The molecule has 2 atom stereocenters. The van der Waals surface area contributed by atoms with E-state index >= 15 is 0 Å². The number of hydrogen-bond donors (Lipinski definition) is 1. The summed E-state index contributed by atoms with van der Waals surface area (Å²) in [6.07, 6.45) is 5.02. The zero-order chi connectivity index (χ0) is 9.52. The highest BCUT2D eigenvalue weighted by Crippen LogP contribution is 2.30. The highest BCUT2D eigenvalue weighted by molar-refractivity contribution is 8.00. The van der Waals surface area contributed by atoms with E-state index in [0.29, 0.717) is 6.04 Å². The summed E-state index contributed by atoms with van der Waals surface area (Å²) in [4.78, 5) is 0. The fourth-order valence-corrected chi connectivity index (χ4v) is 3.26. The second kappa shape index (κ2) is 6.34. The third-order valence-electron chi connectivity index (χ3n) is 2.54. The van der Waals surface area contributed by atoms with E-state index in [1.54, 1.807) is 0 Å². The van der Waals surface area contributed by atoms with E-state index < -0.39 is 0 Å². The van der Waals surface area contributed by atoms with Crippen molar-refractivity contribution in [2.45, 2.75) is 43.9 Å². The highest BCUT2D eigenvalue weighted by atomic mass is 32.2. The topological polar surface area (TPSA) is 12.0 Å². The fraction of sp³-hybridized carbons (Fsp3) is 0.818. The van der Waals surface area contributed by atoms with Gasteiger partial charge in [0, 0.05) is 17.7 Å².